The maximum Gasteiger partial charge on any atom is 0.271 e. The van der Waals surface area contributed by atoms with Gasteiger partial charge >= 0.3 is 0 Å². The van der Waals surface area contributed by atoms with E-state index in [4.69, 9.17) is 5.26 Å². The van der Waals surface area contributed by atoms with E-state index in [2.05, 4.69) is 16.4 Å². The Morgan fingerprint density at radius 1 is 1.32 bits per heavy atom. The lowest BCUT2D eigenvalue weighted by Gasteiger charge is -2.35. The van der Waals surface area contributed by atoms with Crippen LogP contribution in [-0.4, -0.2) is 16.4 Å². The largest absolute Gasteiger partial charge is 0.332 e. The first kappa shape index (κ1) is 11.7. The molecule has 1 aromatic heterocycles. The number of pyridine rings is 1. The molecule has 1 aliphatic carbocycles. The van der Waals surface area contributed by atoms with Crippen LogP contribution in [0.2, 0.25) is 0 Å². The first-order valence-electron chi connectivity index (χ1n) is 6.32. The molecule has 1 aromatic carbocycles. The van der Waals surface area contributed by atoms with Gasteiger partial charge in [-0.3, -0.25) is 9.78 Å². The highest BCUT2D eigenvalue weighted by atomic mass is 16.2. The molecule has 1 amide bonds. The predicted octanol–water partition coefficient (Wildman–Crippen LogP) is 2.41. The molecule has 0 spiro atoms. The van der Waals surface area contributed by atoms with Crippen molar-refractivity contribution >= 4 is 16.7 Å². The number of aromatic nitrogens is 1. The number of hydrogen-bond acceptors (Lipinski definition) is 3. The molecular weight excluding hydrogens is 238 g/mol. The summed E-state index contributed by atoms with van der Waals surface area (Å²) in [6.07, 6.45) is 4.05. The minimum atomic E-state index is -0.685. The molecule has 94 valence electrons. The predicted molar refractivity (Wildman–Crippen MR) is 71.4 cm³/mol. The number of nitriles is 1. The number of nitrogens with zero attached hydrogens (tertiary/aromatic N) is 2. The fourth-order valence-corrected chi connectivity index (χ4v) is 2.37. The highest BCUT2D eigenvalue weighted by Gasteiger charge is 2.39. The zero-order chi connectivity index (χ0) is 13.3. The Bertz CT molecular complexity index is 678. The van der Waals surface area contributed by atoms with Crippen molar-refractivity contribution in [2.45, 2.75) is 24.8 Å². The van der Waals surface area contributed by atoms with Crippen LogP contribution in [0.1, 0.15) is 29.8 Å². The summed E-state index contributed by atoms with van der Waals surface area (Å²) >= 11 is 0. The first-order chi connectivity index (χ1) is 9.24. The quantitative estimate of drug-likeness (QED) is 0.891. The summed E-state index contributed by atoms with van der Waals surface area (Å²) in [7, 11) is 0. The minimum Gasteiger partial charge on any atom is -0.332 e. The second-order valence-corrected chi connectivity index (χ2v) is 4.88. The van der Waals surface area contributed by atoms with Crippen molar-refractivity contribution in [3.05, 3.63) is 42.2 Å². The third kappa shape index (κ3) is 1.93. The van der Waals surface area contributed by atoms with Crippen LogP contribution in [-0.2, 0) is 0 Å². The van der Waals surface area contributed by atoms with Gasteiger partial charge < -0.3 is 5.32 Å². The molecule has 3 rings (SSSR count). The van der Waals surface area contributed by atoms with Crippen molar-refractivity contribution in [2.24, 2.45) is 0 Å². The molecule has 0 aliphatic heterocycles. The van der Waals surface area contributed by atoms with Crippen molar-refractivity contribution in [3.8, 4) is 6.07 Å². The molecule has 2 aromatic rings. The zero-order valence-electron chi connectivity index (χ0n) is 10.4. The molecule has 1 aliphatic rings. The standard InChI is InChI=1S/C15H13N3O/c16-10-15(7-3-8-15)18-14(19)13-12-5-2-1-4-11(12)6-9-17-13/h1-2,4-6,9H,3,7-8H2,(H,18,19). The average Bonchev–Trinajstić information content (AvgIpc) is 2.42. The number of hydrogen-bond donors (Lipinski definition) is 1. The topological polar surface area (TPSA) is 65.8 Å². The average molecular weight is 251 g/mol. The van der Waals surface area contributed by atoms with Crippen LogP contribution in [0.25, 0.3) is 10.8 Å². The van der Waals surface area contributed by atoms with Crippen molar-refractivity contribution in [1.82, 2.24) is 10.3 Å². The van der Waals surface area contributed by atoms with E-state index >= 15 is 0 Å². The summed E-state index contributed by atoms with van der Waals surface area (Å²) in [5, 5.41) is 13.8. The van der Waals surface area contributed by atoms with Gasteiger partial charge in [0.2, 0.25) is 0 Å². The Morgan fingerprint density at radius 3 is 2.79 bits per heavy atom. The lowest BCUT2D eigenvalue weighted by atomic mass is 9.78. The van der Waals surface area contributed by atoms with E-state index in [1.54, 1.807) is 6.20 Å². The summed E-state index contributed by atoms with van der Waals surface area (Å²) in [6, 6.07) is 11.7. The number of benzene rings is 1. The van der Waals surface area contributed by atoms with Crippen LogP contribution in [0.3, 0.4) is 0 Å². The Kier molecular flexibility index (Phi) is 2.68. The summed E-state index contributed by atoms with van der Waals surface area (Å²) in [6.45, 7) is 0. The molecule has 1 fully saturated rings. The van der Waals surface area contributed by atoms with Crippen molar-refractivity contribution < 1.29 is 4.79 Å². The molecule has 0 bridgehead atoms. The fraction of sp³-hybridized carbons (Fsp3) is 0.267. The van der Waals surface area contributed by atoms with Gasteiger partial charge in [0.25, 0.3) is 5.91 Å². The molecule has 0 saturated heterocycles. The highest BCUT2D eigenvalue weighted by Crippen LogP contribution is 2.31. The molecule has 4 nitrogen and oxygen atoms in total. The van der Waals surface area contributed by atoms with Gasteiger partial charge in [-0.15, -0.1) is 0 Å². The Morgan fingerprint density at radius 2 is 2.11 bits per heavy atom. The lowest BCUT2D eigenvalue weighted by molar-refractivity contribution is 0.0878. The minimum absolute atomic E-state index is 0.266. The SMILES string of the molecule is N#CC1(NC(=O)c2nccc3ccccc23)CCC1. The lowest BCUT2D eigenvalue weighted by Crippen LogP contribution is -2.52. The maximum atomic E-state index is 12.3. The Hall–Kier alpha value is -2.41. The monoisotopic (exact) mass is 251 g/mol. The molecule has 1 N–H and O–H groups in total. The normalized spacial score (nSPS) is 16.4. The maximum absolute atomic E-state index is 12.3. The van der Waals surface area contributed by atoms with E-state index in [1.165, 1.54) is 0 Å². The van der Waals surface area contributed by atoms with Gasteiger partial charge in [-0.1, -0.05) is 24.3 Å². The number of carbonyl (C=O) groups is 1. The van der Waals surface area contributed by atoms with Crippen LogP contribution >= 0.6 is 0 Å². The zero-order valence-corrected chi connectivity index (χ0v) is 10.4. The van der Waals surface area contributed by atoms with Gasteiger partial charge in [-0.05, 0) is 30.7 Å². The van der Waals surface area contributed by atoms with Gasteiger partial charge in [-0.2, -0.15) is 5.26 Å². The van der Waals surface area contributed by atoms with Crippen LogP contribution in [0.4, 0.5) is 0 Å². The van der Waals surface area contributed by atoms with Gasteiger partial charge in [0.1, 0.15) is 11.2 Å². The Balaban J connectivity index is 1.96. The van der Waals surface area contributed by atoms with Gasteiger partial charge in [0.05, 0.1) is 6.07 Å². The second kappa shape index (κ2) is 4.36. The van der Waals surface area contributed by atoms with E-state index < -0.39 is 5.54 Å². The third-order valence-corrected chi connectivity index (χ3v) is 3.66. The molecular formula is C15H13N3O. The van der Waals surface area contributed by atoms with Crippen LogP contribution in [0, 0.1) is 11.3 Å². The molecule has 4 heteroatoms. The summed E-state index contributed by atoms with van der Waals surface area (Å²) in [5.74, 6) is -0.266. The fourth-order valence-electron chi connectivity index (χ4n) is 2.37. The molecule has 0 radical (unpaired) electrons. The van der Waals surface area contributed by atoms with E-state index in [9.17, 15) is 4.79 Å². The van der Waals surface area contributed by atoms with Gasteiger partial charge in [0.15, 0.2) is 0 Å². The van der Waals surface area contributed by atoms with Crippen LogP contribution in [0.15, 0.2) is 36.5 Å². The second-order valence-electron chi connectivity index (χ2n) is 4.88. The van der Waals surface area contributed by atoms with Crippen LogP contribution < -0.4 is 5.32 Å². The molecule has 1 saturated carbocycles. The first-order valence-corrected chi connectivity index (χ1v) is 6.32. The summed E-state index contributed by atoms with van der Waals surface area (Å²) < 4.78 is 0. The molecule has 0 atom stereocenters. The van der Waals surface area contributed by atoms with Crippen molar-refractivity contribution in [3.63, 3.8) is 0 Å². The summed E-state index contributed by atoms with van der Waals surface area (Å²) in [5.41, 5.74) is -0.296. The number of carbonyl (C=O) groups excluding carboxylic acids is 1. The van der Waals surface area contributed by atoms with Gasteiger partial charge in [-0.25, -0.2) is 0 Å². The molecule has 19 heavy (non-hydrogen) atoms. The van der Waals surface area contributed by atoms with E-state index in [0.29, 0.717) is 5.69 Å². The van der Waals surface area contributed by atoms with E-state index in [-0.39, 0.29) is 5.91 Å². The third-order valence-electron chi connectivity index (χ3n) is 3.66. The number of rotatable bonds is 2. The molecule has 0 unspecified atom stereocenters. The summed E-state index contributed by atoms with van der Waals surface area (Å²) in [4.78, 5) is 16.5. The van der Waals surface area contributed by atoms with Crippen molar-refractivity contribution in [1.29, 1.82) is 5.26 Å². The van der Waals surface area contributed by atoms with Gasteiger partial charge in [0, 0.05) is 11.6 Å². The van der Waals surface area contributed by atoms with E-state index in [1.807, 2.05) is 30.3 Å². The van der Waals surface area contributed by atoms with Crippen molar-refractivity contribution in [2.75, 3.05) is 0 Å². The Labute approximate surface area is 111 Å². The number of fused-ring (bicyclic) bond motifs is 1. The number of nitrogens with one attached hydrogen (secondary N) is 1. The number of amides is 1. The smallest absolute Gasteiger partial charge is 0.271 e. The molecule has 1 heterocycles. The van der Waals surface area contributed by atoms with E-state index in [0.717, 1.165) is 30.0 Å². The highest BCUT2D eigenvalue weighted by molar-refractivity contribution is 6.05. The van der Waals surface area contributed by atoms with Crippen LogP contribution in [0.5, 0.6) is 0 Å².